The molecule has 0 atom stereocenters. The molecule has 0 aromatic heterocycles. The van der Waals surface area contributed by atoms with Crippen LogP contribution >= 0.6 is 0 Å². The van der Waals surface area contributed by atoms with Crippen LogP contribution in [0.4, 0.5) is 0 Å². The minimum absolute atomic E-state index is 0.116. The first-order chi connectivity index (χ1) is 11.0. The van der Waals surface area contributed by atoms with E-state index in [0.717, 1.165) is 0 Å². The summed E-state index contributed by atoms with van der Waals surface area (Å²) in [6.07, 6.45) is 0. The molecule has 0 saturated heterocycles. The minimum Gasteiger partial charge on any atom is -0.0561 e. The Balaban J connectivity index is 2.56. The van der Waals surface area contributed by atoms with Crippen molar-refractivity contribution in [3.63, 3.8) is 0 Å². The van der Waals surface area contributed by atoms with Gasteiger partial charge in [0.25, 0.3) is 0 Å². The Labute approximate surface area is 146 Å². The molecule has 126 valence electrons. The first-order valence-electron chi connectivity index (χ1n) is 8.97. The van der Waals surface area contributed by atoms with Crippen molar-refractivity contribution in [2.45, 2.75) is 66.2 Å². The highest BCUT2D eigenvalue weighted by atomic mass is 14.3. The first kappa shape index (κ1) is 17.0. The molecule has 0 fully saturated rings. The zero-order valence-corrected chi connectivity index (χ0v) is 16.5. The van der Waals surface area contributed by atoms with E-state index in [1.54, 1.807) is 0 Å². The normalized spacial score (nSPS) is 13.0. The van der Waals surface area contributed by atoms with Gasteiger partial charge in [-0.2, -0.15) is 0 Å². The molecule has 0 spiro atoms. The van der Waals surface area contributed by atoms with Gasteiger partial charge in [0.15, 0.2) is 0 Å². The van der Waals surface area contributed by atoms with Crippen molar-refractivity contribution in [1.82, 2.24) is 0 Å². The second-order valence-corrected chi connectivity index (χ2v) is 9.37. The number of benzene rings is 3. The zero-order valence-electron chi connectivity index (χ0n) is 16.5. The predicted octanol–water partition coefficient (Wildman–Crippen LogP) is 7.20. The number of rotatable bonds is 0. The highest BCUT2D eigenvalue weighted by molar-refractivity contribution is 6.11. The van der Waals surface area contributed by atoms with Crippen LogP contribution in [0.5, 0.6) is 0 Å². The molecule has 0 heterocycles. The molecule has 0 amide bonds. The van der Waals surface area contributed by atoms with E-state index in [-0.39, 0.29) is 10.8 Å². The number of fused-ring (bicyclic) bond motifs is 3. The van der Waals surface area contributed by atoms with Crippen LogP contribution in [0.15, 0.2) is 36.4 Å². The summed E-state index contributed by atoms with van der Waals surface area (Å²) in [5.41, 5.74) is 5.87. The van der Waals surface area contributed by atoms with Crippen molar-refractivity contribution in [2.75, 3.05) is 0 Å². The van der Waals surface area contributed by atoms with Gasteiger partial charge in [-0.1, -0.05) is 83.5 Å². The highest BCUT2D eigenvalue weighted by Gasteiger charge is 2.23. The van der Waals surface area contributed by atoms with E-state index in [9.17, 15) is 0 Å². The summed E-state index contributed by atoms with van der Waals surface area (Å²) in [5.74, 6) is 0. The van der Waals surface area contributed by atoms with Crippen LogP contribution in [0.25, 0.3) is 21.5 Å². The van der Waals surface area contributed by atoms with Gasteiger partial charge in [-0.25, -0.2) is 0 Å². The lowest BCUT2D eigenvalue weighted by atomic mass is 9.77. The third-order valence-corrected chi connectivity index (χ3v) is 5.05. The van der Waals surface area contributed by atoms with Crippen LogP contribution in [0, 0.1) is 13.8 Å². The summed E-state index contributed by atoms with van der Waals surface area (Å²) in [5, 5.41) is 5.58. The van der Waals surface area contributed by atoms with Gasteiger partial charge in [0.05, 0.1) is 0 Å². The minimum atomic E-state index is 0.116. The van der Waals surface area contributed by atoms with Crippen molar-refractivity contribution >= 4 is 21.5 Å². The maximum absolute atomic E-state index is 2.45. The zero-order chi connectivity index (χ0) is 17.9. The summed E-state index contributed by atoms with van der Waals surface area (Å²) in [7, 11) is 0. The summed E-state index contributed by atoms with van der Waals surface area (Å²) in [4.78, 5) is 0. The molecule has 3 rings (SSSR count). The fourth-order valence-electron chi connectivity index (χ4n) is 3.75. The lowest BCUT2D eigenvalue weighted by Crippen LogP contribution is -2.17. The lowest BCUT2D eigenvalue weighted by molar-refractivity contribution is 0.573. The van der Waals surface area contributed by atoms with Crippen molar-refractivity contribution < 1.29 is 0 Å². The molecular weight excluding hydrogens is 288 g/mol. The van der Waals surface area contributed by atoms with Crippen LogP contribution < -0.4 is 0 Å². The van der Waals surface area contributed by atoms with Crippen molar-refractivity contribution in [1.29, 1.82) is 0 Å². The van der Waals surface area contributed by atoms with E-state index in [2.05, 4.69) is 91.8 Å². The van der Waals surface area contributed by atoms with E-state index in [4.69, 9.17) is 0 Å². The topological polar surface area (TPSA) is 0 Å². The molecular formula is C24H30. The van der Waals surface area contributed by atoms with Crippen LogP contribution in [0.3, 0.4) is 0 Å². The third-order valence-electron chi connectivity index (χ3n) is 5.05. The first-order valence-corrected chi connectivity index (χ1v) is 8.97. The molecule has 0 aliphatic carbocycles. The average molecular weight is 319 g/mol. The molecule has 0 nitrogen and oxygen atoms in total. The molecule has 0 radical (unpaired) electrons. The lowest BCUT2D eigenvalue weighted by Gasteiger charge is -2.28. The Morgan fingerprint density at radius 1 is 0.625 bits per heavy atom. The largest absolute Gasteiger partial charge is 0.0561 e. The quantitative estimate of drug-likeness (QED) is 0.384. The van der Waals surface area contributed by atoms with E-state index < -0.39 is 0 Å². The highest BCUT2D eigenvalue weighted by Crippen LogP contribution is 2.39. The summed E-state index contributed by atoms with van der Waals surface area (Å²) < 4.78 is 0. The van der Waals surface area contributed by atoms with E-state index >= 15 is 0 Å². The van der Waals surface area contributed by atoms with Crippen molar-refractivity contribution in [2.24, 2.45) is 0 Å². The summed E-state index contributed by atoms with van der Waals surface area (Å²) in [6.45, 7) is 18.3. The van der Waals surface area contributed by atoms with Crippen molar-refractivity contribution in [3.8, 4) is 0 Å². The SMILES string of the molecule is Cc1cc(C)c2c(ccc3cc(C(C)(C)C)cc(C(C)(C)C)c32)c1. The molecule has 0 saturated carbocycles. The van der Waals surface area contributed by atoms with Gasteiger partial charge in [0.1, 0.15) is 0 Å². The summed E-state index contributed by atoms with van der Waals surface area (Å²) in [6, 6.07) is 14.1. The fraction of sp³-hybridized carbons (Fsp3) is 0.417. The molecule has 0 N–H and O–H groups in total. The van der Waals surface area contributed by atoms with E-state index in [0.29, 0.717) is 0 Å². The van der Waals surface area contributed by atoms with Gasteiger partial charge in [-0.3, -0.25) is 0 Å². The third kappa shape index (κ3) is 2.83. The Hall–Kier alpha value is -1.82. The van der Waals surface area contributed by atoms with Gasteiger partial charge in [-0.05, 0) is 62.9 Å². The van der Waals surface area contributed by atoms with Gasteiger partial charge in [-0.15, -0.1) is 0 Å². The smallest absolute Gasteiger partial charge is 0.00651 e. The monoisotopic (exact) mass is 318 g/mol. The number of aryl methyl sites for hydroxylation is 2. The van der Waals surface area contributed by atoms with Crippen LogP contribution in [-0.4, -0.2) is 0 Å². The Morgan fingerprint density at radius 3 is 1.75 bits per heavy atom. The molecule has 24 heavy (non-hydrogen) atoms. The van der Waals surface area contributed by atoms with Crippen LogP contribution in [-0.2, 0) is 10.8 Å². The van der Waals surface area contributed by atoms with E-state index in [1.165, 1.54) is 43.8 Å². The molecule has 0 unspecified atom stereocenters. The standard InChI is InChI=1S/C24H30/c1-15-11-16(2)21-17(12-15)9-10-18-13-19(23(3,4)5)14-20(22(18)21)24(6,7)8/h9-14H,1-8H3. The maximum Gasteiger partial charge on any atom is -0.00651 e. The Bertz CT molecular complexity index is 928. The van der Waals surface area contributed by atoms with Gasteiger partial charge < -0.3 is 0 Å². The van der Waals surface area contributed by atoms with E-state index in [1.807, 2.05) is 0 Å². The molecule has 3 aromatic rings. The molecule has 3 aromatic carbocycles. The van der Waals surface area contributed by atoms with Gasteiger partial charge in [0, 0.05) is 0 Å². The second kappa shape index (κ2) is 5.34. The second-order valence-electron chi connectivity index (χ2n) is 9.37. The number of hydrogen-bond acceptors (Lipinski definition) is 0. The van der Waals surface area contributed by atoms with Crippen molar-refractivity contribution in [3.05, 3.63) is 58.7 Å². The van der Waals surface area contributed by atoms with Gasteiger partial charge >= 0.3 is 0 Å². The Morgan fingerprint density at radius 2 is 1.21 bits per heavy atom. The van der Waals surface area contributed by atoms with Crippen LogP contribution in [0.1, 0.15) is 63.8 Å². The molecule has 0 aliphatic heterocycles. The molecule has 0 heteroatoms. The molecule has 0 bridgehead atoms. The average Bonchev–Trinajstić information content (AvgIpc) is 2.43. The Kier molecular flexibility index (Phi) is 3.79. The number of hydrogen-bond donors (Lipinski definition) is 0. The van der Waals surface area contributed by atoms with Gasteiger partial charge in [0.2, 0.25) is 0 Å². The fourth-order valence-corrected chi connectivity index (χ4v) is 3.75. The molecule has 0 aliphatic rings. The predicted molar refractivity (Wildman–Crippen MR) is 108 cm³/mol. The maximum atomic E-state index is 2.45. The summed E-state index contributed by atoms with van der Waals surface area (Å²) >= 11 is 0. The van der Waals surface area contributed by atoms with Crippen LogP contribution in [0.2, 0.25) is 0 Å².